The smallest absolute Gasteiger partial charge is 0.222 e. The molecule has 0 saturated carbocycles. The second-order valence-corrected chi connectivity index (χ2v) is 7.14. The van der Waals surface area contributed by atoms with Gasteiger partial charge in [0.05, 0.1) is 17.9 Å². The molecule has 136 valence electrons. The SMILES string of the molecule is CCCCC(=O)N(C)Cc1c(-c2ccc(Cl)cc2)nc2ccc(C)cn12. The number of fused-ring (bicyclic) bond motifs is 1. The Morgan fingerprint density at radius 1 is 1.19 bits per heavy atom. The van der Waals surface area contributed by atoms with Gasteiger partial charge in [0, 0.05) is 30.3 Å². The number of hydrogen-bond donors (Lipinski definition) is 0. The first-order valence-electron chi connectivity index (χ1n) is 8.97. The summed E-state index contributed by atoms with van der Waals surface area (Å²) < 4.78 is 2.09. The molecule has 5 heteroatoms. The molecule has 1 amide bonds. The van der Waals surface area contributed by atoms with Gasteiger partial charge in [-0.25, -0.2) is 4.98 Å². The highest BCUT2D eigenvalue weighted by Gasteiger charge is 2.18. The number of aromatic nitrogens is 2. The zero-order valence-electron chi connectivity index (χ0n) is 15.5. The van der Waals surface area contributed by atoms with Gasteiger partial charge in [-0.05, 0) is 37.1 Å². The molecular formula is C21H24ClN3O. The Kier molecular flexibility index (Phi) is 5.62. The van der Waals surface area contributed by atoms with Crippen LogP contribution in [0.5, 0.6) is 0 Å². The molecular weight excluding hydrogens is 346 g/mol. The molecule has 0 unspecified atom stereocenters. The molecule has 0 spiro atoms. The molecule has 26 heavy (non-hydrogen) atoms. The summed E-state index contributed by atoms with van der Waals surface area (Å²) in [6.07, 6.45) is 4.59. The number of amides is 1. The van der Waals surface area contributed by atoms with Crippen molar-refractivity contribution in [3.63, 3.8) is 0 Å². The third-order valence-corrected chi connectivity index (χ3v) is 4.79. The fourth-order valence-electron chi connectivity index (χ4n) is 3.02. The topological polar surface area (TPSA) is 37.6 Å². The number of benzene rings is 1. The second kappa shape index (κ2) is 7.92. The molecule has 2 heterocycles. The summed E-state index contributed by atoms with van der Waals surface area (Å²) >= 11 is 6.03. The molecule has 0 aliphatic carbocycles. The van der Waals surface area contributed by atoms with Gasteiger partial charge >= 0.3 is 0 Å². The lowest BCUT2D eigenvalue weighted by atomic mass is 10.1. The normalized spacial score (nSPS) is 11.1. The van der Waals surface area contributed by atoms with Crippen molar-refractivity contribution in [1.82, 2.24) is 14.3 Å². The van der Waals surface area contributed by atoms with E-state index in [4.69, 9.17) is 16.6 Å². The van der Waals surface area contributed by atoms with Crippen molar-refractivity contribution in [2.24, 2.45) is 0 Å². The number of imidazole rings is 1. The Balaban J connectivity index is 2.03. The highest BCUT2D eigenvalue weighted by Crippen LogP contribution is 2.27. The minimum absolute atomic E-state index is 0.163. The zero-order chi connectivity index (χ0) is 18.7. The maximum absolute atomic E-state index is 12.4. The first kappa shape index (κ1) is 18.5. The summed E-state index contributed by atoms with van der Waals surface area (Å²) in [5, 5.41) is 0.696. The third-order valence-electron chi connectivity index (χ3n) is 4.54. The van der Waals surface area contributed by atoms with Crippen molar-refractivity contribution in [2.75, 3.05) is 7.05 Å². The van der Waals surface area contributed by atoms with Gasteiger partial charge in [-0.15, -0.1) is 0 Å². The number of aryl methyl sites for hydroxylation is 1. The lowest BCUT2D eigenvalue weighted by molar-refractivity contribution is -0.130. The molecule has 0 atom stereocenters. The maximum Gasteiger partial charge on any atom is 0.222 e. The number of halogens is 1. The largest absolute Gasteiger partial charge is 0.340 e. The van der Waals surface area contributed by atoms with Crippen LogP contribution in [0, 0.1) is 6.92 Å². The van der Waals surface area contributed by atoms with Crippen LogP contribution in [0.2, 0.25) is 5.02 Å². The van der Waals surface area contributed by atoms with Crippen molar-refractivity contribution >= 4 is 23.2 Å². The molecule has 0 radical (unpaired) electrons. The summed E-state index contributed by atoms with van der Waals surface area (Å²) in [6.45, 7) is 4.67. The standard InChI is InChI=1S/C21H24ClN3O/c1-4-5-6-20(26)24(3)14-18-21(16-8-10-17(22)11-9-16)23-19-12-7-15(2)13-25(18)19/h7-13H,4-6,14H2,1-3H3. The molecule has 0 fully saturated rings. The molecule has 0 aliphatic rings. The molecule has 3 rings (SSSR count). The summed E-state index contributed by atoms with van der Waals surface area (Å²) in [5.41, 5.74) is 4.93. The van der Waals surface area contributed by atoms with E-state index in [2.05, 4.69) is 24.4 Å². The predicted octanol–water partition coefficient (Wildman–Crippen LogP) is 5.11. The van der Waals surface area contributed by atoms with Crippen LogP contribution in [0.1, 0.15) is 37.4 Å². The first-order valence-corrected chi connectivity index (χ1v) is 9.35. The Hall–Kier alpha value is -2.33. The fraction of sp³-hybridized carbons (Fsp3) is 0.333. The quantitative estimate of drug-likeness (QED) is 0.605. The molecule has 4 nitrogen and oxygen atoms in total. The molecule has 0 N–H and O–H groups in total. The molecule has 0 bridgehead atoms. The van der Waals surface area contributed by atoms with Crippen LogP contribution in [0.4, 0.5) is 0 Å². The van der Waals surface area contributed by atoms with Gasteiger partial charge < -0.3 is 9.30 Å². The average Bonchev–Trinajstić information content (AvgIpc) is 2.98. The minimum atomic E-state index is 0.163. The summed E-state index contributed by atoms with van der Waals surface area (Å²) in [7, 11) is 1.86. The lowest BCUT2D eigenvalue weighted by Gasteiger charge is -2.18. The Labute approximate surface area is 159 Å². The van der Waals surface area contributed by atoms with Crippen LogP contribution in [-0.2, 0) is 11.3 Å². The number of pyridine rings is 1. The summed E-state index contributed by atoms with van der Waals surface area (Å²) in [5.74, 6) is 0.163. The summed E-state index contributed by atoms with van der Waals surface area (Å²) in [6, 6.07) is 11.7. The van der Waals surface area contributed by atoms with Gasteiger partial charge in [0.25, 0.3) is 0 Å². The van der Waals surface area contributed by atoms with Gasteiger partial charge in [-0.1, -0.05) is 43.1 Å². The van der Waals surface area contributed by atoms with E-state index in [-0.39, 0.29) is 5.91 Å². The van der Waals surface area contributed by atoms with Crippen LogP contribution < -0.4 is 0 Å². The van der Waals surface area contributed by atoms with E-state index >= 15 is 0 Å². The predicted molar refractivity (Wildman–Crippen MR) is 106 cm³/mol. The van der Waals surface area contributed by atoms with Crippen molar-refractivity contribution in [2.45, 2.75) is 39.7 Å². The molecule has 2 aromatic heterocycles. The third kappa shape index (κ3) is 3.91. The van der Waals surface area contributed by atoms with E-state index in [1.54, 1.807) is 4.90 Å². The highest BCUT2D eigenvalue weighted by atomic mass is 35.5. The van der Waals surface area contributed by atoms with Crippen molar-refractivity contribution < 1.29 is 4.79 Å². The van der Waals surface area contributed by atoms with E-state index in [1.807, 2.05) is 43.4 Å². The average molecular weight is 370 g/mol. The number of carbonyl (C=O) groups excluding carboxylic acids is 1. The van der Waals surface area contributed by atoms with Gasteiger partial charge in [-0.3, -0.25) is 4.79 Å². The van der Waals surface area contributed by atoms with Crippen LogP contribution in [0.15, 0.2) is 42.6 Å². The number of nitrogens with zero attached hydrogens (tertiary/aromatic N) is 3. The Morgan fingerprint density at radius 2 is 1.92 bits per heavy atom. The first-order chi connectivity index (χ1) is 12.5. The number of unbranched alkanes of at least 4 members (excludes halogenated alkanes) is 1. The van der Waals surface area contributed by atoms with E-state index in [9.17, 15) is 4.79 Å². The monoisotopic (exact) mass is 369 g/mol. The van der Waals surface area contributed by atoms with Crippen molar-refractivity contribution in [3.05, 3.63) is 58.9 Å². The van der Waals surface area contributed by atoms with Gasteiger partial charge in [0.15, 0.2) is 0 Å². The van der Waals surface area contributed by atoms with Crippen LogP contribution in [-0.4, -0.2) is 27.2 Å². The van der Waals surface area contributed by atoms with Crippen molar-refractivity contribution in [1.29, 1.82) is 0 Å². The van der Waals surface area contributed by atoms with Crippen molar-refractivity contribution in [3.8, 4) is 11.3 Å². The lowest BCUT2D eigenvalue weighted by Crippen LogP contribution is -2.26. The van der Waals surface area contributed by atoms with E-state index in [1.165, 1.54) is 0 Å². The summed E-state index contributed by atoms with van der Waals surface area (Å²) in [4.78, 5) is 19.0. The Morgan fingerprint density at radius 3 is 2.62 bits per heavy atom. The molecule has 0 saturated heterocycles. The van der Waals surface area contributed by atoms with Crippen LogP contribution in [0.25, 0.3) is 16.9 Å². The Bertz CT molecular complexity index is 915. The highest BCUT2D eigenvalue weighted by molar-refractivity contribution is 6.30. The molecule has 3 aromatic rings. The number of rotatable bonds is 6. The van der Waals surface area contributed by atoms with Gasteiger partial charge in [-0.2, -0.15) is 0 Å². The van der Waals surface area contributed by atoms with Crippen LogP contribution >= 0.6 is 11.6 Å². The van der Waals surface area contributed by atoms with Crippen LogP contribution in [0.3, 0.4) is 0 Å². The zero-order valence-corrected chi connectivity index (χ0v) is 16.3. The van der Waals surface area contributed by atoms with Gasteiger partial charge in [0.1, 0.15) is 5.65 Å². The minimum Gasteiger partial charge on any atom is -0.340 e. The van der Waals surface area contributed by atoms with E-state index in [0.29, 0.717) is 18.0 Å². The molecule has 1 aromatic carbocycles. The number of carbonyl (C=O) groups is 1. The van der Waals surface area contributed by atoms with E-state index in [0.717, 1.165) is 41.0 Å². The maximum atomic E-state index is 12.4. The second-order valence-electron chi connectivity index (χ2n) is 6.70. The molecule has 0 aliphatic heterocycles. The number of hydrogen-bond acceptors (Lipinski definition) is 2. The van der Waals surface area contributed by atoms with E-state index < -0.39 is 0 Å². The van der Waals surface area contributed by atoms with Gasteiger partial charge in [0.2, 0.25) is 5.91 Å². The fourth-order valence-corrected chi connectivity index (χ4v) is 3.15.